The number of aromatic amines is 1. The molecule has 0 atom stereocenters. The van der Waals surface area contributed by atoms with Crippen molar-refractivity contribution in [3.63, 3.8) is 0 Å². The molecule has 0 bridgehead atoms. The van der Waals surface area contributed by atoms with Gasteiger partial charge in [0, 0.05) is 21.9 Å². The van der Waals surface area contributed by atoms with Crippen molar-refractivity contribution in [3.05, 3.63) is 46.9 Å². The van der Waals surface area contributed by atoms with Crippen LogP contribution in [-0.2, 0) is 0 Å². The van der Waals surface area contributed by atoms with Crippen LogP contribution in [0.25, 0.3) is 27.9 Å². The fourth-order valence-electron chi connectivity index (χ4n) is 2.55. The number of hydrogen-bond acceptors (Lipinski definition) is 6. The lowest BCUT2D eigenvalue weighted by Gasteiger charge is -2.08. The normalized spacial score (nSPS) is 11.6. The minimum Gasteiger partial charge on any atom is -0.268 e. The maximum absolute atomic E-state index is 12.9. The van der Waals surface area contributed by atoms with E-state index in [1.54, 1.807) is 24.0 Å². The summed E-state index contributed by atoms with van der Waals surface area (Å²) in [7, 11) is 0. The van der Waals surface area contributed by atoms with E-state index in [0.29, 0.717) is 33.2 Å². The number of tetrazole rings is 1. The summed E-state index contributed by atoms with van der Waals surface area (Å²) in [5, 5.41) is 14.9. The number of thioether (sulfide) groups is 1. The molecule has 0 spiro atoms. The van der Waals surface area contributed by atoms with Crippen LogP contribution in [0.4, 0.5) is 0 Å². The van der Waals surface area contributed by atoms with E-state index < -0.39 is 0 Å². The number of hydrogen-bond donors (Lipinski definition) is 1. The van der Waals surface area contributed by atoms with Gasteiger partial charge in [0.15, 0.2) is 0 Å². The summed E-state index contributed by atoms with van der Waals surface area (Å²) in [6, 6.07) is 9.41. The zero-order chi connectivity index (χ0) is 16.7. The fraction of sp³-hybridized carbons (Fsp3) is 0.188. The Labute approximate surface area is 141 Å². The van der Waals surface area contributed by atoms with Crippen LogP contribution in [0.2, 0.25) is 0 Å². The average Bonchev–Trinajstić information content (AvgIpc) is 3.09. The highest BCUT2D eigenvalue weighted by molar-refractivity contribution is 7.99. The topological polar surface area (TPSA) is 88.8 Å². The minimum absolute atomic E-state index is 0.105. The van der Waals surface area contributed by atoms with Crippen molar-refractivity contribution in [2.75, 3.05) is 0 Å². The summed E-state index contributed by atoms with van der Waals surface area (Å²) >= 11 is 1.72. The van der Waals surface area contributed by atoms with Crippen LogP contribution >= 0.6 is 11.8 Å². The lowest BCUT2D eigenvalue weighted by Crippen LogP contribution is -2.15. The summed E-state index contributed by atoms with van der Waals surface area (Å²) in [6.07, 6.45) is 1.69. The van der Waals surface area contributed by atoms with Gasteiger partial charge in [-0.05, 0) is 35.5 Å². The predicted octanol–water partition coefficient (Wildman–Crippen LogP) is 2.53. The fourth-order valence-corrected chi connectivity index (χ4v) is 3.42. The monoisotopic (exact) mass is 338 g/mol. The van der Waals surface area contributed by atoms with Crippen LogP contribution in [0.1, 0.15) is 13.8 Å². The van der Waals surface area contributed by atoms with Crippen LogP contribution in [-0.4, -0.2) is 35.3 Å². The van der Waals surface area contributed by atoms with Crippen molar-refractivity contribution in [2.24, 2.45) is 0 Å². The zero-order valence-electron chi connectivity index (χ0n) is 13.1. The molecular weight excluding hydrogens is 324 g/mol. The number of nitrogens with one attached hydrogen (secondary N) is 1. The lowest BCUT2D eigenvalue weighted by atomic mass is 10.2. The Kier molecular flexibility index (Phi) is 3.53. The average molecular weight is 338 g/mol. The van der Waals surface area contributed by atoms with Crippen molar-refractivity contribution < 1.29 is 0 Å². The molecule has 0 saturated carbocycles. The van der Waals surface area contributed by atoms with Gasteiger partial charge in [0.1, 0.15) is 5.65 Å². The molecule has 4 aromatic rings. The van der Waals surface area contributed by atoms with E-state index in [9.17, 15) is 4.79 Å². The Morgan fingerprint density at radius 2 is 2.08 bits per heavy atom. The molecule has 0 saturated heterocycles. The Hall–Kier alpha value is -2.74. The molecule has 3 heterocycles. The summed E-state index contributed by atoms with van der Waals surface area (Å²) < 4.78 is 1.53. The maximum atomic E-state index is 12.9. The summed E-state index contributed by atoms with van der Waals surface area (Å²) in [6.45, 7) is 4.25. The summed E-state index contributed by atoms with van der Waals surface area (Å²) in [5.74, 6) is 0.438. The zero-order valence-corrected chi connectivity index (χ0v) is 13.9. The van der Waals surface area contributed by atoms with Crippen LogP contribution in [0.5, 0.6) is 0 Å². The Bertz CT molecular complexity index is 1090. The van der Waals surface area contributed by atoms with Gasteiger partial charge in [-0.25, -0.2) is 4.98 Å². The molecule has 4 rings (SSSR count). The molecule has 1 aromatic carbocycles. The second-order valence-corrected chi connectivity index (χ2v) is 7.29. The molecule has 3 aromatic heterocycles. The van der Waals surface area contributed by atoms with E-state index in [1.807, 2.05) is 24.3 Å². The van der Waals surface area contributed by atoms with E-state index >= 15 is 0 Å². The highest BCUT2D eigenvalue weighted by atomic mass is 32.2. The van der Waals surface area contributed by atoms with Gasteiger partial charge in [-0.3, -0.25) is 9.20 Å². The molecule has 0 amide bonds. The van der Waals surface area contributed by atoms with Gasteiger partial charge in [-0.1, -0.05) is 13.8 Å². The quantitative estimate of drug-likeness (QED) is 0.456. The van der Waals surface area contributed by atoms with Gasteiger partial charge in [0.25, 0.3) is 5.56 Å². The first-order chi connectivity index (χ1) is 11.6. The van der Waals surface area contributed by atoms with Crippen LogP contribution in [0.3, 0.4) is 0 Å². The molecule has 8 heteroatoms. The highest BCUT2D eigenvalue weighted by Gasteiger charge is 2.10. The van der Waals surface area contributed by atoms with Gasteiger partial charge >= 0.3 is 0 Å². The second-order valence-electron chi connectivity index (χ2n) is 5.64. The number of aromatic nitrogens is 6. The molecular formula is C16H14N6OS. The van der Waals surface area contributed by atoms with Gasteiger partial charge in [0.05, 0.1) is 10.9 Å². The molecule has 1 N–H and O–H groups in total. The number of benzene rings is 1. The van der Waals surface area contributed by atoms with E-state index in [0.717, 1.165) is 4.90 Å². The minimum atomic E-state index is -0.105. The smallest absolute Gasteiger partial charge is 0.265 e. The molecule has 0 aliphatic heterocycles. The van der Waals surface area contributed by atoms with Crippen molar-refractivity contribution in [1.82, 2.24) is 30.0 Å². The second kappa shape index (κ2) is 5.72. The number of fused-ring (bicyclic) bond motifs is 2. The van der Waals surface area contributed by atoms with Crippen molar-refractivity contribution >= 4 is 28.3 Å². The third kappa shape index (κ3) is 2.54. The van der Waals surface area contributed by atoms with Crippen molar-refractivity contribution in [2.45, 2.75) is 24.0 Å². The van der Waals surface area contributed by atoms with Gasteiger partial charge in [0.2, 0.25) is 5.82 Å². The molecule has 0 radical (unpaired) electrons. The third-order valence-corrected chi connectivity index (χ3v) is 4.55. The Morgan fingerprint density at radius 1 is 1.21 bits per heavy atom. The molecule has 24 heavy (non-hydrogen) atoms. The first-order valence-corrected chi connectivity index (χ1v) is 8.36. The summed E-state index contributed by atoms with van der Waals surface area (Å²) in [4.78, 5) is 18.5. The number of rotatable bonds is 3. The lowest BCUT2D eigenvalue weighted by molar-refractivity contribution is 0.881. The first-order valence-electron chi connectivity index (χ1n) is 7.48. The highest BCUT2D eigenvalue weighted by Crippen LogP contribution is 2.25. The van der Waals surface area contributed by atoms with Crippen LogP contribution in [0.15, 0.2) is 46.2 Å². The first kappa shape index (κ1) is 14.8. The van der Waals surface area contributed by atoms with Crippen molar-refractivity contribution in [1.29, 1.82) is 0 Å². The maximum Gasteiger partial charge on any atom is 0.265 e. The van der Waals surface area contributed by atoms with Crippen LogP contribution < -0.4 is 5.56 Å². The Morgan fingerprint density at radius 3 is 2.83 bits per heavy atom. The summed E-state index contributed by atoms with van der Waals surface area (Å²) in [5.41, 5.74) is 1.88. The van der Waals surface area contributed by atoms with Gasteiger partial charge < -0.3 is 0 Å². The van der Waals surface area contributed by atoms with E-state index in [4.69, 9.17) is 0 Å². The Balaban J connectivity index is 1.95. The SMILES string of the molecule is CC(C)Sc1ccc2nc3ccc(-c4nn[nH]n4)cn3c(=O)c2c1. The van der Waals surface area contributed by atoms with E-state index in [2.05, 4.69) is 39.5 Å². The van der Waals surface area contributed by atoms with Gasteiger partial charge in [-0.15, -0.1) is 22.0 Å². The number of H-pyrrole nitrogens is 1. The molecule has 0 aliphatic carbocycles. The standard InChI is InChI=1S/C16H14N6OS/c1-9(2)24-11-4-5-13-12(7-11)16(23)22-8-10(3-6-14(22)17-13)15-18-20-21-19-15/h3-9H,1-2H3,(H,18,19,20,21). The largest absolute Gasteiger partial charge is 0.268 e. The van der Waals surface area contributed by atoms with Gasteiger partial charge in [-0.2, -0.15) is 5.21 Å². The third-order valence-electron chi connectivity index (χ3n) is 3.55. The molecule has 0 unspecified atom stereocenters. The number of pyridine rings is 1. The van der Waals surface area contributed by atoms with E-state index in [1.165, 1.54) is 4.40 Å². The predicted molar refractivity (Wildman–Crippen MR) is 93.1 cm³/mol. The van der Waals surface area contributed by atoms with E-state index in [-0.39, 0.29) is 5.56 Å². The molecule has 0 fully saturated rings. The number of nitrogens with zero attached hydrogens (tertiary/aromatic N) is 5. The molecule has 120 valence electrons. The van der Waals surface area contributed by atoms with Crippen LogP contribution in [0, 0.1) is 0 Å². The molecule has 7 nitrogen and oxygen atoms in total. The molecule has 0 aliphatic rings. The van der Waals surface area contributed by atoms with Crippen molar-refractivity contribution in [3.8, 4) is 11.4 Å².